The molecule has 1 atom stereocenters. The fourth-order valence-corrected chi connectivity index (χ4v) is 6.80. The Bertz CT molecular complexity index is 938. The summed E-state index contributed by atoms with van der Waals surface area (Å²) in [4.78, 5) is 10.9. The summed E-state index contributed by atoms with van der Waals surface area (Å²) in [5, 5.41) is 15.5. The van der Waals surface area contributed by atoms with Crippen LogP contribution in [0.1, 0.15) is 53.0 Å². The molecule has 5 nitrogen and oxygen atoms in total. The second kappa shape index (κ2) is 9.41. The predicted molar refractivity (Wildman–Crippen MR) is 122 cm³/mol. The van der Waals surface area contributed by atoms with Crippen LogP contribution in [-0.4, -0.2) is 17.2 Å². The first-order valence-electron chi connectivity index (χ1n) is 9.79. The van der Waals surface area contributed by atoms with Crippen LogP contribution in [0.15, 0.2) is 70.3 Å². The molecule has 0 spiro atoms. The number of rotatable bonds is 7. The van der Waals surface area contributed by atoms with Crippen molar-refractivity contribution in [2.45, 2.75) is 47.5 Å². The maximum absolute atomic E-state index is 14.3. The van der Waals surface area contributed by atoms with Gasteiger partial charge in [-0.1, -0.05) is 41.5 Å². The van der Waals surface area contributed by atoms with E-state index in [2.05, 4.69) is 5.32 Å². The van der Waals surface area contributed by atoms with Crippen LogP contribution in [0.3, 0.4) is 0 Å². The van der Waals surface area contributed by atoms with Gasteiger partial charge >= 0.3 is 0 Å². The monoisotopic (exact) mass is 414 g/mol. The minimum absolute atomic E-state index is 0.0486. The zero-order valence-electron chi connectivity index (χ0n) is 18.2. The third kappa shape index (κ3) is 5.80. The summed E-state index contributed by atoms with van der Waals surface area (Å²) in [5.74, 6) is -0.252. The molecule has 0 aliphatic carbocycles. The molecule has 0 amide bonds. The van der Waals surface area contributed by atoms with Gasteiger partial charge in [0.2, 0.25) is 0 Å². The lowest BCUT2D eigenvalue weighted by molar-refractivity contribution is -0.384. The van der Waals surface area contributed by atoms with Crippen molar-refractivity contribution >= 4 is 12.8 Å². The van der Waals surface area contributed by atoms with Crippen molar-refractivity contribution in [3.63, 3.8) is 0 Å². The summed E-state index contributed by atoms with van der Waals surface area (Å²) in [6, 6.07) is 6.66. The van der Waals surface area contributed by atoms with Gasteiger partial charge in [0.25, 0.3) is 5.69 Å². The standard InChI is InChI=1S/C23H31N2O3P/c1-16(2)10-12-29(28,13-11-17(3)4)23-19(6)24-18(5)14-22(23)20-8-7-9-21(15-20)25(26)27/h7-11,14-15,22,24H,12-13H2,1-6H3. The van der Waals surface area contributed by atoms with Gasteiger partial charge < -0.3 is 9.88 Å². The lowest BCUT2D eigenvalue weighted by Gasteiger charge is -2.32. The summed E-state index contributed by atoms with van der Waals surface area (Å²) in [6.45, 7) is 11.9. The maximum atomic E-state index is 14.3. The van der Waals surface area contributed by atoms with Crippen LogP contribution in [0, 0.1) is 10.1 Å². The quantitative estimate of drug-likeness (QED) is 0.233. The Morgan fingerprint density at radius 3 is 2.24 bits per heavy atom. The number of nitro groups is 1. The van der Waals surface area contributed by atoms with E-state index in [1.807, 2.05) is 65.8 Å². The van der Waals surface area contributed by atoms with Gasteiger partial charge in [0.05, 0.1) is 4.92 Å². The number of non-ortho nitro benzene ring substituents is 1. The highest BCUT2D eigenvalue weighted by Crippen LogP contribution is 2.61. The topological polar surface area (TPSA) is 72.2 Å². The molecule has 0 fully saturated rings. The average Bonchev–Trinajstić information content (AvgIpc) is 2.64. The lowest BCUT2D eigenvalue weighted by Crippen LogP contribution is -2.21. The molecule has 1 aliphatic heterocycles. The lowest BCUT2D eigenvalue weighted by atomic mass is 9.94. The number of benzene rings is 1. The minimum Gasteiger partial charge on any atom is -0.363 e. The van der Waals surface area contributed by atoms with Crippen LogP contribution in [0.5, 0.6) is 0 Å². The first kappa shape index (κ1) is 22.9. The molecule has 2 rings (SSSR count). The molecule has 0 aromatic heterocycles. The van der Waals surface area contributed by atoms with Crippen LogP contribution in [0.4, 0.5) is 5.69 Å². The normalized spacial score (nSPS) is 16.6. The van der Waals surface area contributed by atoms with E-state index in [0.717, 1.165) is 33.4 Å². The highest BCUT2D eigenvalue weighted by Gasteiger charge is 2.35. The number of nitro benzene ring substituents is 1. The third-order valence-electron chi connectivity index (χ3n) is 4.95. The van der Waals surface area contributed by atoms with Gasteiger partial charge in [0.15, 0.2) is 0 Å². The highest BCUT2D eigenvalue weighted by molar-refractivity contribution is 7.68. The van der Waals surface area contributed by atoms with Crippen molar-refractivity contribution in [3.8, 4) is 0 Å². The van der Waals surface area contributed by atoms with Gasteiger partial charge in [-0.25, -0.2) is 0 Å². The summed E-state index contributed by atoms with van der Waals surface area (Å²) >= 11 is 0. The first-order chi connectivity index (χ1) is 13.5. The van der Waals surface area contributed by atoms with Crippen LogP contribution in [-0.2, 0) is 4.57 Å². The van der Waals surface area contributed by atoms with Gasteiger partial charge in [0, 0.05) is 47.1 Å². The van der Waals surface area contributed by atoms with E-state index >= 15 is 0 Å². The van der Waals surface area contributed by atoms with E-state index < -0.39 is 7.14 Å². The molecular weight excluding hydrogens is 383 g/mol. The summed E-state index contributed by atoms with van der Waals surface area (Å²) in [5.41, 5.74) is 4.94. The Balaban J connectivity index is 2.65. The molecule has 29 heavy (non-hydrogen) atoms. The second-order valence-electron chi connectivity index (χ2n) is 8.13. The minimum atomic E-state index is -2.80. The van der Waals surface area contributed by atoms with Gasteiger partial charge in [-0.15, -0.1) is 0 Å². The summed E-state index contributed by atoms with van der Waals surface area (Å²) in [7, 11) is -2.80. The van der Waals surface area contributed by atoms with Crippen molar-refractivity contribution < 1.29 is 9.49 Å². The van der Waals surface area contributed by atoms with Crippen molar-refractivity contribution in [1.29, 1.82) is 0 Å². The number of hydrogen-bond donors (Lipinski definition) is 1. The Kier molecular flexibility index (Phi) is 7.43. The largest absolute Gasteiger partial charge is 0.363 e. The molecule has 0 bridgehead atoms. The Morgan fingerprint density at radius 2 is 1.72 bits per heavy atom. The molecule has 156 valence electrons. The molecule has 1 heterocycles. The zero-order chi connectivity index (χ0) is 21.8. The molecule has 0 saturated carbocycles. The molecular formula is C23H31N2O3P. The van der Waals surface area contributed by atoms with E-state index in [1.54, 1.807) is 12.1 Å². The van der Waals surface area contributed by atoms with Crippen LogP contribution >= 0.6 is 7.14 Å². The highest BCUT2D eigenvalue weighted by atomic mass is 31.2. The second-order valence-corrected chi connectivity index (χ2v) is 11.1. The number of allylic oxidation sites excluding steroid dienone is 8. The van der Waals surface area contributed by atoms with E-state index in [0.29, 0.717) is 12.3 Å². The number of nitrogens with one attached hydrogen (secondary N) is 1. The van der Waals surface area contributed by atoms with Crippen LogP contribution < -0.4 is 5.32 Å². The van der Waals surface area contributed by atoms with Crippen molar-refractivity contribution in [1.82, 2.24) is 5.32 Å². The Hall–Kier alpha value is -2.39. The molecule has 0 saturated heterocycles. The summed E-state index contributed by atoms with van der Waals surface area (Å²) in [6.07, 6.45) is 7.06. The van der Waals surface area contributed by atoms with Crippen molar-refractivity contribution in [3.05, 3.63) is 86.0 Å². The SMILES string of the molecule is CC(C)=CCP(=O)(CC=C(C)C)C1=C(C)NC(C)=CC1c1cccc([N+](=O)[O-])c1. The molecule has 1 N–H and O–H groups in total. The molecule has 1 unspecified atom stereocenters. The predicted octanol–water partition coefficient (Wildman–Crippen LogP) is 6.71. The van der Waals surface area contributed by atoms with Gasteiger partial charge in [-0.2, -0.15) is 0 Å². The number of dihydropyridines is 1. The third-order valence-corrected chi connectivity index (χ3v) is 7.98. The van der Waals surface area contributed by atoms with Crippen molar-refractivity contribution in [2.24, 2.45) is 0 Å². The summed E-state index contributed by atoms with van der Waals surface area (Å²) < 4.78 is 14.3. The van der Waals surface area contributed by atoms with E-state index in [4.69, 9.17) is 0 Å². The molecule has 1 aromatic rings. The fraction of sp³-hybridized carbons (Fsp3) is 0.391. The van der Waals surface area contributed by atoms with Crippen molar-refractivity contribution in [2.75, 3.05) is 12.3 Å². The van der Waals surface area contributed by atoms with Gasteiger partial charge in [0.1, 0.15) is 7.14 Å². The van der Waals surface area contributed by atoms with Gasteiger partial charge in [-0.05, 0) is 47.1 Å². The average molecular weight is 414 g/mol. The molecule has 0 radical (unpaired) electrons. The fourth-order valence-electron chi connectivity index (χ4n) is 3.54. The maximum Gasteiger partial charge on any atom is 0.269 e. The van der Waals surface area contributed by atoms with E-state index in [9.17, 15) is 14.7 Å². The van der Waals surface area contributed by atoms with Crippen LogP contribution in [0.25, 0.3) is 0 Å². The van der Waals surface area contributed by atoms with Crippen LogP contribution in [0.2, 0.25) is 0 Å². The number of nitrogens with zero attached hydrogens (tertiary/aromatic N) is 1. The van der Waals surface area contributed by atoms with Gasteiger partial charge in [-0.3, -0.25) is 10.1 Å². The first-order valence-corrected chi connectivity index (χ1v) is 11.9. The smallest absolute Gasteiger partial charge is 0.269 e. The molecule has 6 heteroatoms. The Labute approximate surface area is 173 Å². The van der Waals surface area contributed by atoms with E-state index in [-0.39, 0.29) is 16.5 Å². The number of hydrogen-bond acceptors (Lipinski definition) is 4. The molecule has 1 aromatic carbocycles. The Morgan fingerprint density at radius 1 is 1.14 bits per heavy atom. The molecule has 1 aliphatic rings. The zero-order valence-corrected chi connectivity index (χ0v) is 19.0. The van der Waals surface area contributed by atoms with E-state index in [1.165, 1.54) is 6.07 Å².